The van der Waals surface area contributed by atoms with E-state index in [9.17, 15) is 9.90 Å². The zero-order valence-corrected chi connectivity index (χ0v) is 12.2. The van der Waals surface area contributed by atoms with Gasteiger partial charge in [0.25, 0.3) is 0 Å². The molecule has 0 saturated heterocycles. The Morgan fingerprint density at radius 1 is 1.42 bits per heavy atom. The number of aliphatic hydroxyl groups excluding tert-OH is 1. The lowest BCUT2D eigenvalue weighted by atomic mass is 10.0. The van der Waals surface area contributed by atoms with Crippen molar-refractivity contribution in [3.63, 3.8) is 0 Å². The maximum Gasteiger partial charge on any atom is 0.224 e. The van der Waals surface area contributed by atoms with Crippen LogP contribution in [0.5, 0.6) is 0 Å². The minimum Gasteiger partial charge on any atom is -0.395 e. The molecule has 2 atom stereocenters. The van der Waals surface area contributed by atoms with Crippen LogP contribution < -0.4 is 5.32 Å². The second-order valence-corrected chi connectivity index (χ2v) is 6.20. The van der Waals surface area contributed by atoms with E-state index in [0.29, 0.717) is 0 Å². The molecule has 104 valence electrons. The highest BCUT2D eigenvalue weighted by atomic mass is 32.2. The van der Waals surface area contributed by atoms with Crippen LogP contribution >= 0.6 is 11.8 Å². The minimum atomic E-state index is -0.00351. The summed E-state index contributed by atoms with van der Waals surface area (Å²) >= 11 is 1.59. The summed E-state index contributed by atoms with van der Waals surface area (Å²) < 4.78 is 0. The zero-order valence-electron chi connectivity index (χ0n) is 11.4. The zero-order chi connectivity index (χ0) is 13.8. The van der Waals surface area contributed by atoms with Crippen molar-refractivity contribution in [2.75, 3.05) is 12.9 Å². The number of aliphatic hydroxyl groups is 1. The summed E-state index contributed by atoms with van der Waals surface area (Å²) in [5, 5.41) is 12.3. The lowest BCUT2D eigenvalue weighted by Gasteiger charge is -2.23. The van der Waals surface area contributed by atoms with E-state index in [1.54, 1.807) is 11.8 Å². The number of carbonyl (C=O) groups excluding carboxylic acids is 1. The molecular formula is C15H21NO2S. The molecule has 0 spiro atoms. The van der Waals surface area contributed by atoms with Crippen LogP contribution in [-0.4, -0.2) is 35.2 Å². The number of nitrogens with one attached hydrogen (secondary N) is 1. The van der Waals surface area contributed by atoms with Crippen molar-refractivity contribution in [3.05, 3.63) is 35.4 Å². The van der Waals surface area contributed by atoms with Gasteiger partial charge in [-0.2, -0.15) is 11.8 Å². The molecule has 2 N–H and O–H groups in total. The van der Waals surface area contributed by atoms with E-state index >= 15 is 0 Å². The van der Waals surface area contributed by atoms with E-state index in [0.717, 1.165) is 12.8 Å². The van der Waals surface area contributed by atoms with E-state index in [4.69, 9.17) is 0 Å². The van der Waals surface area contributed by atoms with Crippen LogP contribution in [0.15, 0.2) is 24.3 Å². The smallest absolute Gasteiger partial charge is 0.224 e. The Hall–Kier alpha value is -1.00. The predicted molar refractivity (Wildman–Crippen MR) is 79.3 cm³/mol. The van der Waals surface area contributed by atoms with Crippen LogP contribution in [0.3, 0.4) is 0 Å². The van der Waals surface area contributed by atoms with Gasteiger partial charge in [0.15, 0.2) is 0 Å². The number of fused-ring (bicyclic) bond motifs is 1. The molecule has 2 rings (SSSR count). The van der Waals surface area contributed by atoms with Crippen LogP contribution in [-0.2, 0) is 17.6 Å². The third-order valence-electron chi connectivity index (χ3n) is 3.83. The minimum absolute atomic E-state index is 0.00351. The lowest BCUT2D eigenvalue weighted by molar-refractivity contribution is -0.125. The second kappa shape index (κ2) is 6.44. The largest absolute Gasteiger partial charge is 0.395 e. The number of hydrogen-bond acceptors (Lipinski definition) is 3. The molecule has 1 aromatic rings. The molecule has 0 fully saturated rings. The second-order valence-electron chi connectivity index (χ2n) is 5.13. The Labute approximate surface area is 118 Å². The SMILES string of the molecule is CSC(CO)C(C)NC(=O)C1Cc2ccccc2C1. The molecule has 0 aliphatic heterocycles. The fourth-order valence-electron chi connectivity index (χ4n) is 2.62. The topological polar surface area (TPSA) is 49.3 Å². The van der Waals surface area contributed by atoms with E-state index in [-0.39, 0.29) is 29.7 Å². The van der Waals surface area contributed by atoms with Gasteiger partial charge in [-0.25, -0.2) is 0 Å². The van der Waals surface area contributed by atoms with E-state index in [2.05, 4.69) is 17.4 Å². The number of rotatable bonds is 5. The molecule has 1 aliphatic carbocycles. The van der Waals surface area contributed by atoms with Gasteiger partial charge in [0.1, 0.15) is 0 Å². The average Bonchev–Trinajstić information content (AvgIpc) is 2.84. The Bertz CT molecular complexity index is 421. The van der Waals surface area contributed by atoms with Crippen molar-refractivity contribution in [2.45, 2.75) is 31.1 Å². The number of thioether (sulfide) groups is 1. The standard InChI is InChI=1S/C15H21NO2S/c1-10(14(9-17)19-2)16-15(18)13-7-11-5-3-4-6-12(11)8-13/h3-6,10,13-14,17H,7-9H2,1-2H3,(H,16,18). The van der Waals surface area contributed by atoms with Crippen molar-refractivity contribution < 1.29 is 9.90 Å². The fraction of sp³-hybridized carbons (Fsp3) is 0.533. The molecule has 1 amide bonds. The van der Waals surface area contributed by atoms with Crippen LogP contribution in [0.4, 0.5) is 0 Å². The Kier molecular flexibility index (Phi) is 4.88. The quantitative estimate of drug-likeness (QED) is 0.861. The number of benzene rings is 1. The van der Waals surface area contributed by atoms with Crippen molar-refractivity contribution in [1.82, 2.24) is 5.32 Å². The molecule has 2 unspecified atom stereocenters. The number of carbonyl (C=O) groups is 1. The van der Waals surface area contributed by atoms with Crippen LogP contribution in [0.25, 0.3) is 0 Å². The van der Waals surface area contributed by atoms with Gasteiger partial charge < -0.3 is 10.4 Å². The summed E-state index contributed by atoms with van der Waals surface area (Å²) in [5.41, 5.74) is 2.58. The number of amides is 1. The molecule has 0 bridgehead atoms. The molecule has 3 nitrogen and oxygen atoms in total. The first kappa shape index (κ1) is 14.4. The van der Waals surface area contributed by atoms with Crippen molar-refractivity contribution in [1.29, 1.82) is 0 Å². The summed E-state index contributed by atoms with van der Waals surface area (Å²) in [5.74, 6) is 0.150. The molecule has 19 heavy (non-hydrogen) atoms. The highest BCUT2D eigenvalue weighted by molar-refractivity contribution is 7.99. The van der Waals surface area contributed by atoms with Gasteiger partial charge in [0, 0.05) is 17.2 Å². The monoisotopic (exact) mass is 279 g/mol. The van der Waals surface area contributed by atoms with Crippen LogP contribution in [0.1, 0.15) is 18.1 Å². The Balaban J connectivity index is 1.93. The van der Waals surface area contributed by atoms with Crippen LogP contribution in [0.2, 0.25) is 0 Å². The molecule has 0 radical (unpaired) electrons. The average molecular weight is 279 g/mol. The van der Waals surface area contributed by atoms with Gasteiger partial charge in [-0.05, 0) is 37.1 Å². The molecule has 0 heterocycles. The normalized spacial score (nSPS) is 17.8. The van der Waals surface area contributed by atoms with E-state index in [1.165, 1.54) is 11.1 Å². The first-order chi connectivity index (χ1) is 9.15. The Morgan fingerprint density at radius 2 is 2.00 bits per heavy atom. The van der Waals surface area contributed by atoms with Gasteiger partial charge in [-0.3, -0.25) is 4.79 Å². The molecule has 1 aliphatic rings. The van der Waals surface area contributed by atoms with Crippen molar-refractivity contribution >= 4 is 17.7 Å². The van der Waals surface area contributed by atoms with Crippen LogP contribution in [0, 0.1) is 5.92 Å². The maximum absolute atomic E-state index is 12.3. The third-order valence-corrected chi connectivity index (χ3v) is 4.99. The van der Waals surface area contributed by atoms with E-state index in [1.807, 2.05) is 25.3 Å². The first-order valence-electron chi connectivity index (χ1n) is 6.66. The summed E-state index contributed by atoms with van der Waals surface area (Å²) in [6.07, 6.45) is 3.62. The van der Waals surface area contributed by atoms with Gasteiger partial charge in [0.05, 0.1) is 6.61 Å². The van der Waals surface area contributed by atoms with Crippen molar-refractivity contribution in [2.24, 2.45) is 5.92 Å². The Morgan fingerprint density at radius 3 is 2.47 bits per heavy atom. The molecule has 1 aromatic carbocycles. The maximum atomic E-state index is 12.3. The summed E-state index contributed by atoms with van der Waals surface area (Å²) in [6.45, 7) is 2.05. The summed E-state index contributed by atoms with van der Waals surface area (Å²) in [4.78, 5) is 12.3. The number of hydrogen-bond donors (Lipinski definition) is 2. The lowest BCUT2D eigenvalue weighted by Crippen LogP contribution is -2.44. The van der Waals surface area contributed by atoms with Gasteiger partial charge in [-0.1, -0.05) is 24.3 Å². The van der Waals surface area contributed by atoms with Gasteiger partial charge in [-0.15, -0.1) is 0 Å². The first-order valence-corrected chi connectivity index (χ1v) is 7.95. The molecule has 4 heteroatoms. The highest BCUT2D eigenvalue weighted by Gasteiger charge is 2.28. The highest BCUT2D eigenvalue weighted by Crippen LogP contribution is 2.26. The van der Waals surface area contributed by atoms with Crippen molar-refractivity contribution in [3.8, 4) is 0 Å². The van der Waals surface area contributed by atoms with E-state index < -0.39 is 0 Å². The summed E-state index contributed by atoms with van der Waals surface area (Å²) in [6, 6.07) is 8.25. The fourth-order valence-corrected chi connectivity index (χ4v) is 3.24. The van der Waals surface area contributed by atoms with Gasteiger partial charge in [0.2, 0.25) is 5.91 Å². The predicted octanol–water partition coefficient (Wildman–Crippen LogP) is 1.63. The molecule has 0 aromatic heterocycles. The molecule has 0 saturated carbocycles. The molecular weight excluding hydrogens is 258 g/mol. The van der Waals surface area contributed by atoms with Gasteiger partial charge >= 0.3 is 0 Å². The third kappa shape index (κ3) is 3.31. The summed E-state index contributed by atoms with van der Waals surface area (Å²) in [7, 11) is 0.